The highest BCUT2D eigenvalue weighted by molar-refractivity contribution is 9.10. The van der Waals surface area contributed by atoms with Crippen LogP contribution >= 0.6 is 15.9 Å². The van der Waals surface area contributed by atoms with Gasteiger partial charge in [-0.25, -0.2) is 4.68 Å². The van der Waals surface area contributed by atoms with Crippen molar-refractivity contribution in [3.8, 4) is 0 Å². The van der Waals surface area contributed by atoms with Gasteiger partial charge in [-0.3, -0.25) is 9.48 Å². The maximum absolute atomic E-state index is 13.0. The lowest BCUT2D eigenvalue weighted by Gasteiger charge is -2.07. The summed E-state index contributed by atoms with van der Waals surface area (Å²) in [6.07, 6.45) is -2.96. The molecule has 0 unspecified atom stereocenters. The van der Waals surface area contributed by atoms with Crippen molar-refractivity contribution in [3.05, 3.63) is 33.3 Å². The maximum atomic E-state index is 13.0. The summed E-state index contributed by atoms with van der Waals surface area (Å²) in [7, 11) is 0. The number of hydrogen-bond acceptors (Lipinski definition) is 3. The normalized spacial score (nSPS) is 15.2. The summed E-state index contributed by atoms with van der Waals surface area (Å²) in [5.41, 5.74) is 0.770. The minimum atomic E-state index is -4.56. The van der Waals surface area contributed by atoms with Gasteiger partial charge in [0.1, 0.15) is 6.54 Å². The van der Waals surface area contributed by atoms with Crippen LogP contribution in [-0.2, 0) is 12.7 Å². The third kappa shape index (κ3) is 3.06. The number of halogens is 4. The molecule has 0 amide bonds. The number of rotatable bonds is 3. The van der Waals surface area contributed by atoms with Crippen LogP contribution in [0, 0.1) is 13.8 Å². The van der Waals surface area contributed by atoms with Gasteiger partial charge in [0.05, 0.1) is 15.9 Å². The van der Waals surface area contributed by atoms with E-state index in [1.54, 1.807) is 19.9 Å². The fraction of sp³-hybridized carbons (Fsp3) is 0.500. The first-order valence-electron chi connectivity index (χ1n) is 7.08. The summed E-state index contributed by atoms with van der Waals surface area (Å²) in [4.78, 5) is 12.4. The van der Waals surface area contributed by atoms with Gasteiger partial charge >= 0.3 is 6.18 Å². The highest BCUT2D eigenvalue weighted by atomic mass is 79.9. The van der Waals surface area contributed by atoms with Gasteiger partial charge in [-0.05, 0) is 48.7 Å². The Balaban J connectivity index is 1.96. The van der Waals surface area contributed by atoms with E-state index in [9.17, 15) is 18.0 Å². The van der Waals surface area contributed by atoms with Crippen LogP contribution in [0.4, 0.5) is 13.2 Å². The molecule has 5 nitrogen and oxygen atoms in total. The number of aromatic nitrogens is 4. The SMILES string of the molecule is Cc1cc(C)n(C(=O)Cn2nc(C(F)(F)F)c(Br)c2C2CC2)n1. The molecule has 0 radical (unpaired) electrons. The van der Waals surface area contributed by atoms with E-state index in [0.29, 0.717) is 17.1 Å². The third-order valence-electron chi connectivity index (χ3n) is 3.69. The van der Waals surface area contributed by atoms with Crippen LogP contribution in [0.1, 0.15) is 46.3 Å². The minimum Gasteiger partial charge on any atom is -0.270 e. The Kier molecular flexibility index (Phi) is 3.86. The number of aryl methyl sites for hydroxylation is 2. The topological polar surface area (TPSA) is 52.7 Å². The lowest BCUT2D eigenvalue weighted by atomic mass is 10.2. The summed E-state index contributed by atoms with van der Waals surface area (Å²) < 4.78 is 41.4. The highest BCUT2D eigenvalue weighted by Crippen LogP contribution is 2.46. The molecule has 0 saturated heterocycles. The van der Waals surface area contributed by atoms with Gasteiger partial charge in [0, 0.05) is 11.6 Å². The Labute approximate surface area is 138 Å². The number of nitrogens with zero attached hydrogens (tertiary/aromatic N) is 4. The molecule has 0 aliphatic heterocycles. The van der Waals surface area contributed by atoms with Crippen LogP contribution in [-0.4, -0.2) is 25.5 Å². The average Bonchev–Trinajstić information content (AvgIpc) is 3.11. The first-order chi connectivity index (χ1) is 10.7. The van der Waals surface area contributed by atoms with Crippen LogP contribution in [0.5, 0.6) is 0 Å². The van der Waals surface area contributed by atoms with Crippen molar-refractivity contribution < 1.29 is 18.0 Å². The van der Waals surface area contributed by atoms with E-state index < -0.39 is 17.8 Å². The second-order valence-corrected chi connectivity index (χ2v) is 6.50. The smallest absolute Gasteiger partial charge is 0.270 e. The second kappa shape index (κ2) is 5.47. The zero-order valence-electron chi connectivity index (χ0n) is 12.5. The molecule has 2 heterocycles. The molecule has 3 rings (SSSR count). The Morgan fingerprint density at radius 3 is 2.48 bits per heavy atom. The first kappa shape index (κ1) is 16.2. The van der Waals surface area contributed by atoms with E-state index >= 15 is 0 Å². The van der Waals surface area contributed by atoms with Crippen molar-refractivity contribution in [2.75, 3.05) is 0 Å². The van der Waals surface area contributed by atoms with Crippen molar-refractivity contribution in [2.24, 2.45) is 0 Å². The quantitative estimate of drug-likeness (QED) is 0.802. The molecule has 124 valence electrons. The van der Waals surface area contributed by atoms with Crippen LogP contribution in [0.2, 0.25) is 0 Å². The molecule has 0 aromatic carbocycles. The number of carbonyl (C=O) groups excluding carboxylic acids is 1. The molecule has 1 fully saturated rings. The summed E-state index contributed by atoms with van der Waals surface area (Å²) in [6, 6.07) is 1.74. The summed E-state index contributed by atoms with van der Waals surface area (Å²) in [5.74, 6) is -0.401. The molecule has 0 bridgehead atoms. The molecule has 0 atom stereocenters. The molecule has 1 aliphatic carbocycles. The molecule has 0 N–H and O–H groups in total. The Bertz CT molecular complexity index is 774. The van der Waals surface area contributed by atoms with E-state index in [0.717, 1.165) is 17.5 Å². The Hall–Kier alpha value is -1.64. The predicted molar refractivity (Wildman–Crippen MR) is 79.2 cm³/mol. The molecule has 2 aromatic rings. The summed E-state index contributed by atoms with van der Waals surface area (Å²) in [6.45, 7) is 3.20. The molecule has 1 saturated carbocycles. The summed E-state index contributed by atoms with van der Waals surface area (Å²) in [5, 5.41) is 7.69. The standard InChI is InChI=1S/C14H14BrF3N4O/c1-7-5-8(2)22(19-7)10(23)6-21-12(9-3-4-9)11(15)13(20-21)14(16,17)18/h5,9H,3-4,6H2,1-2H3. The fourth-order valence-corrected chi connectivity index (χ4v) is 3.41. The molecule has 1 aliphatic rings. The third-order valence-corrected chi connectivity index (χ3v) is 4.48. The van der Waals surface area contributed by atoms with Gasteiger partial charge in [0.15, 0.2) is 5.69 Å². The van der Waals surface area contributed by atoms with Crippen molar-refractivity contribution in [1.29, 1.82) is 0 Å². The Morgan fingerprint density at radius 2 is 2.00 bits per heavy atom. The summed E-state index contributed by atoms with van der Waals surface area (Å²) >= 11 is 3.01. The molecular formula is C14H14BrF3N4O. The van der Waals surface area contributed by atoms with Crippen molar-refractivity contribution in [2.45, 2.75) is 45.3 Å². The maximum Gasteiger partial charge on any atom is 0.436 e. The van der Waals surface area contributed by atoms with E-state index in [4.69, 9.17) is 0 Å². The van der Waals surface area contributed by atoms with Gasteiger partial charge in [0.25, 0.3) is 5.91 Å². The van der Waals surface area contributed by atoms with Crippen LogP contribution < -0.4 is 0 Å². The molecule has 9 heteroatoms. The van der Waals surface area contributed by atoms with Crippen molar-refractivity contribution in [1.82, 2.24) is 19.6 Å². The predicted octanol–water partition coefficient (Wildman–Crippen LogP) is 3.70. The van der Waals surface area contributed by atoms with Gasteiger partial charge in [-0.1, -0.05) is 0 Å². The monoisotopic (exact) mass is 390 g/mol. The van der Waals surface area contributed by atoms with E-state index in [1.807, 2.05) is 0 Å². The fourth-order valence-electron chi connectivity index (χ4n) is 2.58. The minimum absolute atomic E-state index is 0.0150. The lowest BCUT2D eigenvalue weighted by Crippen LogP contribution is -2.22. The van der Waals surface area contributed by atoms with Crippen molar-refractivity contribution in [3.63, 3.8) is 0 Å². The Morgan fingerprint density at radius 1 is 1.35 bits per heavy atom. The molecule has 23 heavy (non-hydrogen) atoms. The number of alkyl halides is 3. The zero-order chi connectivity index (χ0) is 16.9. The van der Waals surface area contributed by atoms with Crippen LogP contribution in [0.25, 0.3) is 0 Å². The van der Waals surface area contributed by atoms with Crippen LogP contribution in [0.3, 0.4) is 0 Å². The van der Waals surface area contributed by atoms with E-state index in [2.05, 4.69) is 26.1 Å². The molecule has 0 spiro atoms. The van der Waals surface area contributed by atoms with Gasteiger partial charge in [-0.15, -0.1) is 0 Å². The lowest BCUT2D eigenvalue weighted by molar-refractivity contribution is -0.142. The van der Waals surface area contributed by atoms with Gasteiger partial charge in [-0.2, -0.15) is 23.4 Å². The highest BCUT2D eigenvalue weighted by Gasteiger charge is 2.42. The number of hydrogen-bond donors (Lipinski definition) is 0. The number of carbonyl (C=O) groups is 1. The molecule has 2 aromatic heterocycles. The average molecular weight is 391 g/mol. The zero-order valence-corrected chi connectivity index (χ0v) is 14.1. The van der Waals surface area contributed by atoms with Gasteiger partial charge < -0.3 is 0 Å². The van der Waals surface area contributed by atoms with Gasteiger partial charge in [0.2, 0.25) is 0 Å². The largest absolute Gasteiger partial charge is 0.436 e. The van der Waals surface area contributed by atoms with Crippen molar-refractivity contribution >= 4 is 21.8 Å². The van der Waals surface area contributed by atoms with E-state index in [1.165, 1.54) is 4.68 Å². The second-order valence-electron chi connectivity index (χ2n) is 5.71. The molecular weight excluding hydrogens is 377 g/mol. The van der Waals surface area contributed by atoms with E-state index in [-0.39, 0.29) is 16.9 Å². The first-order valence-corrected chi connectivity index (χ1v) is 7.87. The van der Waals surface area contributed by atoms with Crippen LogP contribution in [0.15, 0.2) is 10.5 Å².